The Balaban J connectivity index is 1.79. The molecule has 1 aromatic rings. The lowest BCUT2D eigenvalue weighted by Gasteiger charge is -2.18. The molecule has 1 aromatic heterocycles. The summed E-state index contributed by atoms with van der Waals surface area (Å²) in [5, 5.41) is 4.81. The number of unbranched alkanes of at least 4 members (excludes halogenated alkanes) is 1. The van der Waals surface area contributed by atoms with Crippen LogP contribution in [0.25, 0.3) is 0 Å². The maximum atomic E-state index is 5.52. The lowest BCUT2D eigenvalue weighted by molar-refractivity contribution is 0.0835. The molecular weight excluding hydrogens is 254 g/mol. The minimum absolute atomic E-state index is 0.438. The molecule has 0 unspecified atom stereocenters. The van der Waals surface area contributed by atoms with Crippen LogP contribution in [0, 0.1) is 0 Å². The van der Waals surface area contributed by atoms with E-state index in [1.807, 2.05) is 0 Å². The van der Waals surface area contributed by atoms with Gasteiger partial charge in [0.2, 0.25) is 0 Å². The van der Waals surface area contributed by atoms with Crippen LogP contribution in [0.15, 0.2) is 0 Å². The second kappa shape index (κ2) is 6.68. The molecule has 0 N–H and O–H groups in total. The van der Waals surface area contributed by atoms with Crippen LogP contribution in [-0.2, 0) is 16.0 Å². The monoisotopic (exact) mass is 279 g/mol. The third-order valence-electron chi connectivity index (χ3n) is 4.32. The summed E-state index contributed by atoms with van der Waals surface area (Å²) < 4.78 is 13.1. The van der Waals surface area contributed by atoms with Crippen LogP contribution < -0.4 is 0 Å². The van der Waals surface area contributed by atoms with Gasteiger partial charge in [0.05, 0.1) is 6.61 Å². The van der Waals surface area contributed by atoms with Crippen molar-refractivity contribution in [1.29, 1.82) is 0 Å². The van der Waals surface area contributed by atoms with Crippen LogP contribution >= 0.6 is 0 Å². The van der Waals surface area contributed by atoms with E-state index in [0.29, 0.717) is 11.8 Å². The van der Waals surface area contributed by atoms with E-state index in [2.05, 4.69) is 11.6 Å². The molecule has 3 heterocycles. The van der Waals surface area contributed by atoms with Crippen molar-refractivity contribution < 1.29 is 9.47 Å². The Labute approximate surface area is 120 Å². The molecule has 3 rings (SSSR count). The maximum Gasteiger partial charge on any atom is 0.154 e. The Kier molecular flexibility index (Phi) is 4.68. The largest absolute Gasteiger partial charge is 0.381 e. The van der Waals surface area contributed by atoms with Crippen molar-refractivity contribution >= 4 is 0 Å². The van der Waals surface area contributed by atoms with Crippen LogP contribution in [0.3, 0.4) is 0 Å². The number of hydrogen-bond donors (Lipinski definition) is 0. The standard InChI is InChI=1S/C15H25N3O2/c1-2-3-7-18-15(13-6-10-20-11-13)16-14(17-18)12-4-8-19-9-5-12/h12-13H,2-11H2,1H3/t13-/m0/s1. The smallest absolute Gasteiger partial charge is 0.154 e. The number of rotatable bonds is 5. The lowest BCUT2D eigenvalue weighted by atomic mass is 10.00. The van der Waals surface area contributed by atoms with E-state index >= 15 is 0 Å². The normalized spacial score (nSPS) is 24.4. The molecule has 2 aliphatic rings. The Morgan fingerprint density at radius 1 is 1.10 bits per heavy atom. The van der Waals surface area contributed by atoms with E-state index in [1.54, 1.807) is 0 Å². The first-order chi connectivity index (χ1) is 9.88. The van der Waals surface area contributed by atoms with Gasteiger partial charge in [-0.25, -0.2) is 9.67 Å². The first-order valence-electron chi connectivity index (χ1n) is 7.98. The highest BCUT2D eigenvalue weighted by molar-refractivity contribution is 5.06. The molecule has 0 radical (unpaired) electrons. The minimum atomic E-state index is 0.438. The van der Waals surface area contributed by atoms with Crippen molar-refractivity contribution in [3.63, 3.8) is 0 Å². The summed E-state index contributed by atoms with van der Waals surface area (Å²) in [4.78, 5) is 4.89. The second-order valence-electron chi connectivity index (χ2n) is 5.85. The van der Waals surface area contributed by atoms with E-state index < -0.39 is 0 Å². The van der Waals surface area contributed by atoms with Gasteiger partial charge in [0.15, 0.2) is 5.82 Å². The van der Waals surface area contributed by atoms with Crippen molar-refractivity contribution in [3.05, 3.63) is 11.6 Å². The molecule has 5 heteroatoms. The SMILES string of the molecule is CCCCn1nc(C2CCOCC2)nc1[C@H]1CCOC1. The Morgan fingerprint density at radius 3 is 2.55 bits per heavy atom. The van der Waals surface area contributed by atoms with Gasteiger partial charge in [-0.2, -0.15) is 5.10 Å². The van der Waals surface area contributed by atoms with Crippen molar-refractivity contribution in [2.24, 2.45) is 0 Å². The molecule has 0 aromatic carbocycles. The first-order valence-corrected chi connectivity index (χ1v) is 7.98. The number of ether oxygens (including phenoxy) is 2. The molecule has 0 saturated carbocycles. The van der Waals surface area contributed by atoms with Crippen molar-refractivity contribution in [1.82, 2.24) is 14.8 Å². The molecule has 0 aliphatic carbocycles. The van der Waals surface area contributed by atoms with Gasteiger partial charge in [-0.15, -0.1) is 0 Å². The van der Waals surface area contributed by atoms with Crippen LogP contribution in [0.1, 0.15) is 62.5 Å². The van der Waals surface area contributed by atoms with Gasteiger partial charge in [-0.3, -0.25) is 0 Å². The van der Waals surface area contributed by atoms with E-state index in [9.17, 15) is 0 Å². The molecule has 20 heavy (non-hydrogen) atoms. The summed E-state index contributed by atoms with van der Waals surface area (Å²) in [5.74, 6) is 3.10. The van der Waals surface area contributed by atoms with E-state index in [0.717, 1.165) is 70.3 Å². The maximum absolute atomic E-state index is 5.52. The Bertz CT molecular complexity index is 421. The average molecular weight is 279 g/mol. The van der Waals surface area contributed by atoms with E-state index in [1.165, 1.54) is 6.42 Å². The molecule has 2 saturated heterocycles. The fourth-order valence-electron chi connectivity index (χ4n) is 3.01. The summed E-state index contributed by atoms with van der Waals surface area (Å²) in [7, 11) is 0. The number of hydrogen-bond acceptors (Lipinski definition) is 4. The molecular formula is C15H25N3O2. The highest BCUT2D eigenvalue weighted by atomic mass is 16.5. The van der Waals surface area contributed by atoms with Gasteiger partial charge in [0, 0.05) is 38.2 Å². The quantitative estimate of drug-likeness (QED) is 0.831. The number of aryl methyl sites for hydroxylation is 1. The Hall–Kier alpha value is -0.940. The zero-order valence-electron chi connectivity index (χ0n) is 12.4. The highest BCUT2D eigenvalue weighted by Gasteiger charge is 2.27. The minimum Gasteiger partial charge on any atom is -0.381 e. The molecule has 0 bridgehead atoms. The van der Waals surface area contributed by atoms with Gasteiger partial charge < -0.3 is 9.47 Å². The van der Waals surface area contributed by atoms with Crippen LogP contribution in [0.5, 0.6) is 0 Å². The predicted octanol–water partition coefficient (Wildman–Crippen LogP) is 2.48. The van der Waals surface area contributed by atoms with Gasteiger partial charge in [-0.1, -0.05) is 13.3 Å². The zero-order chi connectivity index (χ0) is 13.8. The summed E-state index contributed by atoms with van der Waals surface area (Å²) >= 11 is 0. The van der Waals surface area contributed by atoms with E-state index in [-0.39, 0.29) is 0 Å². The molecule has 1 atom stereocenters. The summed E-state index contributed by atoms with van der Waals surface area (Å²) in [6.45, 7) is 6.55. The lowest BCUT2D eigenvalue weighted by Crippen LogP contribution is -2.15. The third-order valence-corrected chi connectivity index (χ3v) is 4.32. The summed E-state index contributed by atoms with van der Waals surface area (Å²) in [5.41, 5.74) is 0. The van der Waals surface area contributed by atoms with Crippen molar-refractivity contribution in [3.8, 4) is 0 Å². The fourth-order valence-corrected chi connectivity index (χ4v) is 3.01. The molecule has 2 fully saturated rings. The van der Waals surface area contributed by atoms with Crippen LogP contribution in [0.4, 0.5) is 0 Å². The first kappa shape index (κ1) is 14.0. The van der Waals surface area contributed by atoms with Gasteiger partial charge in [0.1, 0.15) is 5.82 Å². The molecule has 0 amide bonds. The topological polar surface area (TPSA) is 49.2 Å². The molecule has 112 valence electrons. The van der Waals surface area contributed by atoms with Gasteiger partial charge in [0.25, 0.3) is 0 Å². The third kappa shape index (κ3) is 3.04. The Morgan fingerprint density at radius 2 is 1.85 bits per heavy atom. The molecule has 2 aliphatic heterocycles. The summed E-state index contributed by atoms with van der Waals surface area (Å²) in [6.07, 6.45) is 5.54. The fraction of sp³-hybridized carbons (Fsp3) is 0.867. The molecule has 0 spiro atoms. The van der Waals surface area contributed by atoms with Crippen molar-refractivity contribution in [2.75, 3.05) is 26.4 Å². The number of aromatic nitrogens is 3. The van der Waals surface area contributed by atoms with Crippen molar-refractivity contribution in [2.45, 2.75) is 57.4 Å². The highest BCUT2D eigenvalue weighted by Crippen LogP contribution is 2.29. The van der Waals surface area contributed by atoms with Crippen LogP contribution in [-0.4, -0.2) is 41.2 Å². The average Bonchev–Trinajstić information content (AvgIpc) is 3.15. The van der Waals surface area contributed by atoms with E-state index in [4.69, 9.17) is 19.6 Å². The number of nitrogens with zero attached hydrogens (tertiary/aromatic N) is 3. The van der Waals surface area contributed by atoms with Gasteiger partial charge >= 0.3 is 0 Å². The molecule has 5 nitrogen and oxygen atoms in total. The van der Waals surface area contributed by atoms with Gasteiger partial charge in [-0.05, 0) is 25.7 Å². The summed E-state index contributed by atoms with van der Waals surface area (Å²) in [6, 6.07) is 0. The predicted molar refractivity (Wildman–Crippen MR) is 75.9 cm³/mol. The zero-order valence-corrected chi connectivity index (χ0v) is 12.4. The second-order valence-corrected chi connectivity index (χ2v) is 5.85. The van der Waals surface area contributed by atoms with Crippen LogP contribution in [0.2, 0.25) is 0 Å².